The summed E-state index contributed by atoms with van der Waals surface area (Å²) in [6.07, 6.45) is 4.86. The van der Waals surface area contributed by atoms with Crippen LogP contribution in [0.2, 0.25) is 0 Å². The lowest BCUT2D eigenvalue weighted by atomic mass is 10.1. The molecular formula is C22H22FN3O. The molecule has 3 rings (SSSR count). The van der Waals surface area contributed by atoms with Crippen LogP contribution in [-0.4, -0.2) is 15.9 Å². The first kappa shape index (κ1) is 18.7. The number of unbranched alkanes of at least 4 members (excludes halogenated alkanes) is 1. The van der Waals surface area contributed by atoms with E-state index in [1.54, 1.807) is 19.1 Å². The first-order valence-corrected chi connectivity index (χ1v) is 9.06. The van der Waals surface area contributed by atoms with Crippen LogP contribution in [0.25, 0.3) is 11.4 Å². The second-order valence-corrected chi connectivity index (χ2v) is 6.45. The monoisotopic (exact) mass is 363 g/mol. The minimum absolute atomic E-state index is 0.250. The van der Waals surface area contributed by atoms with Gasteiger partial charge in [-0.1, -0.05) is 25.5 Å². The van der Waals surface area contributed by atoms with Crippen molar-refractivity contribution in [2.75, 3.05) is 5.32 Å². The zero-order valence-corrected chi connectivity index (χ0v) is 15.5. The molecule has 138 valence electrons. The van der Waals surface area contributed by atoms with Gasteiger partial charge in [0.2, 0.25) is 0 Å². The van der Waals surface area contributed by atoms with Crippen molar-refractivity contribution in [1.82, 2.24) is 9.97 Å². The van der Waals surface area contributed by atoms with Gasteiger partial charge in [0.05, 0.1) is 11.3 Å². The second-order valence-electron chi connectivity index (χ2n) is 6.45. The van der Waals surface area contributed by atoms with Gasteiger partial charge < -0.3 is 5.32 Å². The SMILES string of the molecule is CCCCc1ccc(NC(=O)c2cnc(-c3ccc(F)cc3)nc2C)cc1. The van der Waals surface area contributed by atoms with Gasteiger partial charge in [-0.15, -0.1) is 0 Å². The maximum Gasteiger partial charge on any atom is 0.259 e. The molecule has 5 heteroatoms. The summed E-state index contributed by atoms with van der Waals surface area (Å²) >= 11 is 0. The summed E-state index contributed by atoms with van der Waals surface area (Å²) in [6, 6.07) is 13.8. The molecule has 0 aliphatic heterocycles. The predicted octanol–water partition coefficient (Wildman–Crippen LogP) is 5.19. The van der Waals surface area contributed by atoms with Gasteiger partial charge in [-0.3, -0.25) is 4.79 Å². The fourth-order valence-corrected chi connectivity index (χ4v) is 2.76. The van der Waals surface area contributed by atoms with Crippen molar-refractivity contribution in [3.63, 3.8) is 0 Å². The first-order chi connectivity index (χ1) is 13.1. The first-order valence-electron chi connectivity index (χ1n) is 9.06. The van der Waals surface area contributed by atoms with E-state index < -0.39 is 0 Å². The minimum Gasteiger partial charge on any atom is -0.322 e. The van der Waals surface area contributed by atoms with Gasteiger partial charge in [0, 0.05) is 17.4 Å². The van der Waals surface area contributed by atoms with Crippen LogP contribution in [0.5, 0.6) is 0 Å². The number of amides is 1. The third-order valence-corrected chi connectivity index (χ3v) is 4.36. The summed E-state index contributed by atoms with van der Waals surface area (Å²) in [5.41, 5.74) is 3.69. The highest BCUT2D eigenvalue weighted by Crippen LogP contribution is 2.18. The fourth-order valence-electron chi connectivity index (χ4n) is 2.76. The smallest absolute Gasteiger partial charge is 0.259 e. The van der Waals surface area contributed by atoms with Crippen molar-refractivity contribution in [2.24, 2.45) is 0 Å². The zero-order valence-electron chi connectivity index (χ0n) is 15.5. The van der Waals surface area contributed by atoms with E-state index in [1.165, 1.54) is 23.9 Å². The van der Waals surface area contributed by atoms with E-state index in [1.807, 2.05) is 24.3 Å². The van der Waals surface area contributed by atoms with Crippen LogP contribution in [0.1, 0.15) is 41.4 Å². The number of aryl methyl sites for hydroxylation is 2. The number of rotatable bonds is 6. The van der Waals surface area contributed by atoms with Crippen LogP contribution >= 0.6 is 0 Å². The van der Waals surface area contributed by atoms with Crippen molar-refractivity contribution in [3.8, 4) is 11.4 Å². The van der Waals surface area contributed by atoms with E-state index in [-0.39, 0.29) is 11.7 Å². The minimum atomic E-state index is -0.313. The van der Waals surface area contributed by atoms with E-state index in [2.05, 4.69) is 22.2 Å². The Morgan fingerprint density at radius 1 is 1.07 bits per heavy atom. The van der Waals surface area contributed by atoms with Gasteiger partial charge in [0.1, 0.15) is 5.82 Å². The fraction of sp³-hybridized carbons (Fsp3) is 0.227. The number of hydrogen-bond acceptors (Lipinski definition) is 3. The van der Waals surface area contributed by atoms with Crippen molar-refractivity contribution in [2.45, 2.75) is 33.1 Å². The van der Waals surface area contributed by atoms with E-state index in [4.69, 9.17) is 0 Å². The third kappa shape index (κ3) is 4.76. The Hall–Kier alpha value is -3.08. The molecule has 1 amide bonds. The van der Waals surface area contributed by atoms with Crippen LogP contribution in [-0.2, 0) is 6.42 Å². The Morgan fingerprint density at radius 3 is 2.41 bits per heavy atom. The molecule has 27 heavy (non-hydrogen) atoms. The predicted molar refractivity (Wildman–Crippen MR) is 105 cm³/mol. The van der Waals surface area contributed by atoms with E-state index in [0.717, 1.165) is 24.9 Å². The van der Waals surface area contributed by atoms with Gasteiger partial charge >= 0.3 is 0 Å². The summed E-state index contributed by atoms with van der Waals surface area (Å²) in [4.78, 5) is 21.2. The summed E-state index contributed by atoms with van der Waals surface area (Å²) in [7, 11) is 0. The number of carbonyl (C=O) groups is 1. The van der Waals surface area contributed by atoms with Crippen LogP contribution in [0.15, 0.2) is 54.7 Å². The average molecular weight is 363 g/mol. The van der Waals surface area contributed by atoms with Crippen molar-refractivity contribution in [3.05, 3.63) is 77.4 Å². The number of aromatic nitrogens is 2. The Balaban J connectivity index is 1.72. The molecule has 3 aromatic rings. The van der Waals surface area contributed by atoms with Crippen LogP contribution < -0.4 is 5.32 Å². The molecule has 1 aromatic heterocycles. The molecule has 0 spiro atoms. The van der Waals surface area contributed by atoms with Crippen molar-refractivity contribution < 1.29 is 9.18 Å². The maximum atomic E-state index is 13.1. The number of nitrogens with one attached hydrogen (secondary N) is 1. The van der Waals surface area contributed by atoms with E-state index >= 15 is 0 Å². The van der Waals surface area contributed by atoms with Crippen LogP contribution in [0.3, 0.4) is 0 Å². The van der Waals surface area contributed by atoms with Gasteiger partial charge in [0.25, 0.3) is 5.91 Å². The third-order valence-electron chi connectivity index (χ3n) is 4.36. The Morgan fingerprint density at radius 2 is 1.78 bits per heavy atom. The highest BCUT2D eigenvalue weighted by Gasteiger charge is 2.13. The van der Waals surface area contributed by atoms with Gasteiger partial charge in [-0.05, 0) is 61.7 Å². The van der Waals surface area contributed by atoms with Gasteiger partial charge in [-0.25, -0.2) is 14.4 Å². The molecule has 0 unspecified atom stereocenters. The molecule has 0 saturated carbocycles. The molecule has 0 saturated heterocycles. The molecule has 0 radical (unpaired) electrons. The zero-order chi connectivity index (χ0) is 19.2. The molecule has 0 atom stereocenters. The average Bonchev–Trinajstić information content (AvgIpc) is 2.68. The number of anilines is 1. The second kappa shape index (κ2) is 8.54. The molecule has 0 bridgehead atoms. The van der Waals surface area contributed by atoms with Gasteiger partial charge in [-0.2, -0.15) is 0 Å². The molecule has 0 aliphatic carbocycles. The number of hydrogen-bond donors (Lipinski definition) is 1. The number of halogens is 1. The number of nitrogens with zero attached hydrogens (tertiary/aromatic N) is 2. The van der Waals surface area contributed by atoms with Crippen molar-refractivity contribution in [1.29, 1.82) is 0 Å². The van der Waals surface area contributed by atoms with Crippen LogP contribution in [0.4, 0.5) is 10.1 Å². The number of benzene rings is 2. The normalized spacial score (nSPS) is 10.6. The molecule has 0 fully saturated rings. The van der Waals surface area contributed by atoms with E-state index in [0.29, 0.717) is 22.6 Å². The van der Waals surface area contributed by atoms with Gasteiger partial charge in [0.15, 0.2) is 5.82 Å². The standard InChI is InChI=1S/C22H22FN3O/c1-3-4-5-16-6-12-19(13-7-16)26-22(27)20-14-24-21(25-15(20)2)17-8-10-18(23)11-9-17/h6-14H,3-5H2,1-2H3,(H,26,27). The highest BCUT2D eigenvalue weighted by molar-refractivity contribution is 6.04. The van der Waals surface area contributed by atoms with Crippen molar-refractivity contribution >= 4 is 11.6 Å². The highest BCUT2D eigenvalue weighted by atomic mass is 19.1. The molecule has 2 aromatic carbocycles. The summed E-state index contributed by atoms with van der Waals surface area (Å²) in [5.74, 6) is -0.101. The molecule has 1 N–H and O–H groups in total. The molecule has 1 heterocycles. The Kier molecular flexibility index (Phi) is 5.91. The Labute approximate surface area is 158 Å². The molecule has 0 aliphatic rings. The Bertz CT molecular complexity index is 921. The quantitative estimate of drug-likeness (QED) is 0.656. The van der Waals surface area contributed by atoms with Crippen LogP contribution in [0, 0.1) is 12.7 Å². The maximum absolute atomic E-state index is 13.1. The molecule has 4 nitrogen and oxygen atoms in total. The summed E-state index contributed by atoms with van der Waals surface area (Å²) in [6.45, 7) is 3.93. The lowest BCUT2D eigenvalue weighted by Crippen LogP contribution is -2.15. The summed E-state index contributed by atoms with van der Waals surface area (Å²) < 4.78 is 13.1. The topological polar surface area (TPSA) is 54.9 Å². The lowest BCUT2D eigenvalue weighted by molar-refractivity contribution is 0.102. The van der Waals surface area contributed by atoms with E-state index in [9.17, 15) is 9.18 Å². The largest absolute Gasteiger partial charge is 0.322 e. The molecular weight excluding hydrogens is 341 g/mol. The summed E-state index contributed by atoms with van der Waals surface area (Å²) in [5, 5.41) is 2.88. The lowest BCUT2D eigenvalue weighted by Gasteiger charge is -2.09. The number of carbonyl (C=O) groups excluding carboxylic acids is 1.